The average Bonchev–Trinajstić information content (AvgIpc) is 3.17. The second-order valence-corrected chi connectivity index (χ2v) is 14.8. The molecule has 3 fully saturated rings. The summed E-state index contributed by atoms with van der Waals surface area (Å²) in [6.45, 7) is 1.31. The number of ether oxygens (including phenoxy) is 6. The van der Waals surface area contributed by atoms with Crippen molar-refractivity contribution >= 4 is 5.91 Å². The first-order chi connectivity index (χ1) is 26.3. The van der Waals surface area contributed by atoms with Gasteiger partial charge in [0, 0.05) is 6.42 Å². The molecule has 0 aromatic carbocycles. The lowest BCUT2D eigenvalue weighted by Gasteiger charge is -2.48. The monoisotopic (exact) mass is 801 g/mol. The maximum absolute atomic E-state index is 12.5. The fourth-order valence-electron chi connectivity index (χ4n) is 7.00. The predicted molar refractivity (Wildman–Crippen MR) is 190 cm³/mol. The lowest BCUT2D eigenvalue weighted by molar-refractivity contribution is -0.379. The summed E-state index contributed by atoms with van der Waals surface area (Å²) in [6.07, 6.45) is -15.4. The van der Waals surface area contributed by atoms with Crippen molar-refractivity contribution in [1.82, 2.24) is 5.32 Å². The summed E-state index contributed by atoms with van der Waals surface area (Å²) in [5, 5.41) is 118. The van der Waals surface area contributed by atoms with Crippen LogP contribution in [0.25, 0.3) is 0 Å². The normalized spacial score (nSPS) is 38.1. The summed E-state index contributed by atoms with van der Waals surface area (Å²) in [7, 11) is 0. The van der Waals surface area contributed by atoms with Gasteiger partial charge in [0.1, 0.15) is 73.2 Å². The number of nitrogens with one attached hydrogen (secondary N) is 1. The van der Waals surface area contributed by atoms with Gasteiger partial charge in [0.15, 0.2) is 18.9 Å². The number of aliphatic hydroxyl groups excluding tert-OH is 11. The van der Waals surface area contributed by atoms with Crippen LogP contribution in [0.3, 0.4) is 0 Å². The van der Waals surface area contributed by atoms with Crippen molar-refractivity contribution < 1.29 is 89.4 Å². The van der Waals surface area contributed by atoms with Crippen molar-refractivity contribution in [2.24, 2.45) is 0 Å². The van der Waals surface area contributed by atoms with Crippen molar-refractivity contribution in [2.75, 3.05) is 26.4 Å². The van der Waals surface area contributed by atoms with Crippen LogP contribution in [-0.4, -0.2) is 193 Å². The van der Waals surface area contributed by atoms with Gasteiger partial charge in [-0.25, -0.2) is 0 Å². The first-order valence-electron chi connectivity index (χ1n) is 19.8. The molecular formula is C36H67NO18. The third kappa shape index (κ3) is 13.7. The van der Waals surface area contributed by atoms with E-state index in [2.05, 4.69) is 12.2 Å². The van der Waals surface area contributed by atoms with Crippen LogP contribution in [0.2, 0.25) is 0 Å². The summed E-state index contributed by atoms with van der Waals surface area (Å²) in [6, 6.07) is -0.872. The van der Waals surface area contributed by atoms with Crippen molar-refractivity contribution in [3.63, 3.8) is 0 Å². The van der Waals surface area contributed by atoms with Gasteiger partial charge in [-0.1, -0.05) is 71.6 Å². The maximum Gasteiger partial charge on any atom is 0.220 e. The largest absolute Gasteiger partial charge is 0.394 e. The molecule has 0 bridgehead atoms. The minimum Gasteiger partial charge on any atom is -0.394 e. The molecule has 19 heteroatoms. The highest BCUT2D eigenvalue weighted by Gasteiger charge is 2.53. The molecule has 3 saturated heterocycles. The Morgan fingerprint density at radius 3 is 1.55 bits per heavy atom. The second kappa shape index (κ2) is 24.7. The fourth-order valence-corrected chi connectivity index (χ4v) is 7.00. The van der Waals surface area contributed by atoms with E-state index in [1.807, 2.05) is 6.92 Å². The lowest BCUT2D eigenvalue weighted by Crippen LogP contribution is -2.66. The zero-order valence-corrected chi connectivity index (χ0v) is 31.9. The van der Waals surface area contributed by atoms with E-state index in [-0.39, 0.29) is 18.9 Å². The number of carbonyl (C=O) groups is 1. The van der Waals surface area contributed by atoms with E-state index in [0.29, 0.717) is 12.8 Å². The van der Waals surface area contributed by atoms with E-state index < -0.39 is 124 Å². The maximum atomic E-state index is 12.5. The van der Waals surface area contributed by atoms with Crippen LogP contribution in [-0.2, 0) is 33.2 Å². The number of unbranched alkanes of at least 4 members (excludes halogenated alkanes) is 8. The van der Waals surface area contributed by atoms with Crippen LogP contribution in [0, 0.1) is 0 Å². The van der Waals surface area contributed by atoms with Gasteiger partial charge < -0.3 is 89.9 Å². The molecule has 0 aromatic rings. The molecule has 324 valence electrons. The van der Waals surface area contributed by atoms with Crippen molar-refractivity contribution in [3.8, 4) is 0 Å². The molecule has 17 atom stereocenters. The molecule has 19 nitrogen and oxygen atoms in total. The van der Waals surface area contributed by atoms with Crippen LogP contribution in [0.1, 0.15) is 90.9 Å². The van der Waals surface area contributed by atoms with Gasteiger partial charge in [-0.3, -0.25) is 4.79 Å². The Morgan fingerprint density at radius 2 is 1.04 bits per heavy atom. The van der Waals surface area contributed by atoms with Gasteiger partial charge in [0.2, 0.25) is 5.91 Å². The van der Waals surface area contributed by atoms with Crippen molar-refractivity contribution in [3.05, 3.63) is 0 Å². The third-order valence-corrected chi connectivity index (χ3v) is 10.4. The molecule has 3 aliphatic heterocycles. The Bertz CT molecular complexity index is 1060. The Kier molecular flexibility index (Phi) is 21.6. The first kappa shape index (κ1) is 48.2. The average molecular weight is 802 g/mol. The van der Waals surface area contributed by atoms with Gasteiger partial charge in [-0.2, -0.15) is 0 Å². The highest BCUT2D eigenvalue weighted by atomic mass is 16.8. The minimum absolute atomic E-state index is 0.218. The molecule has 17 unspecified atom stereocenters. The van der Waals surface area contributed by atoms with Crippen LogP contribution >= 0.6 is 0 Å². The molecule has 0 aliphatic carbocycles. The van der Waals surface area contributed by atoms with E-state index in [4.69, 9.17) is 28.4 Å². The number of aliphatic hydroxyl groups is 11. The number of carbonyl (C=O) groups excluding carboxylic acids is 1. The fraction of sp³-hybridized carbons (Fsp3) is 0.972. The van der Waals surface area contributed by atoms with E-state index in [1.165, 1.54) is 32.1 Å². The topological polar surface area (TPSA) is 307 Å². The standard InChI is InChI=1S/C36H67NO18/c1-3-5-6-7-8-9-10-11-12-14-20(41)19(37-24(42)13-4-2)18-50-34-30(48)27(45)32(22(16-39)52-34)55-36-31(49)28(46)33(23(17-40)53-36)54-35-29(47)26(44)25(43)21(15-38)51-35/h19-23,25-36,38-41,43-49H,3-18H2,1-2H3,(H,37,42). The second-order valence-electron chi connectivity index (χ2n) is 14.8. The van der Waals surface area contributed by atoms with E-state index in [1.54, 1.807) is 0 Å². The minimum atomic E-state index is -1.96. The third-order valence-electron chi connectivity index (χ3n) is 10.4. The first-order valence-corrected chi connectivity index (χ1v) is 19.8. The molecule has 3 heterocycles. The van der Waals surface area contributed by atoms with Crippen LogP contribution in [0.4, 0.5) is 0 Å². The Morgan fingerprint density at radius 1 is 0.582 bits per heavy atom. The summed E-state index contributed by atoms with van der Waals surface area (Å²) in [5.41, 5.74) is 0. The summed E-state index contributed by atoms with van der Waals surface area (Å²) < 4.78 is 33.7. The predicted octanol–water partition coefficient (Wildman–Crippen LogP) is -2.98. The molecule has 0 saturated carbocycles. The van der Waals surface area contributed by atoms with Gasteiger partial charge in [-0.15, -0.1) is 0 Å². The van der Waals surface area contributed by atoms with E-state index in [0.717, 1.165) is 25.7 Å². The molecule has 0 aromatic heterocycles. The van der Waals surface area contributed by atoms with Crippen LogP contribution < -0.4 is 5.32 Å². The quantitative estimate of drug-likeness (QED) is 0.0434. The van der Waals surface area contributed by atoms with Crippen molar-refractivity contribution in [2.45, 2.75) is 195 Å². The molecule has 55 heavy (non-hydrogen) atoms. The summed E-state index contributed by atoms with van der Waals surface area (Å²) >= 11 is 0. The molecule has 0 radical (unpaired) electrons. The smallest absolute Gasteiger partial charge is 0.220 e. The summed E-state index contributed by atoms with van der Waals surface area (Å²) in [5.74, 6) is -0.302. The zero-order valence-electron chi connectivity index (χ0n) is 31.9. The highest BCUT2D eigenvalue weighted by molar-refractivity contribution is 5.76. The van der Waals surface area contributed by atoms with E-state index in [9.17, 15) is 61.0 Å². The Balaban J connectivity index is 1.59. The lowest BCUT2D eigenvalue weighted by atomic mass is 9.96. The molecule has 12 N–H and O–H groups in total. The van der Waals surface area contributed by atoms with Gasteiger partial charge >= 0.3 is 0 Å². The summed E-state index contributed by atoms with van der Waals surface area (Å²) in [4.78, 5) is 12.5. The molecule has 1 amide bonds. The zero-order chi connectivity index (χ0) is 40.7. The Hall–Kier alpha value is -1.21. The molecule has 3 rings (SSSR count). The van der Waals surface area contributed by atoms with Crippen molar-refractivity contribution in [1.29, 1.82) is 0 Å². The van der Waals surface area contributed by atoms with Crippen LogP contribution in [0.5, 0.6) is 0 Å². The number of amides is 1. The molecule has 3 aliphatic rings. The number of hydrogen-bond acceptors (Lipinski definition) is 18. The highest BCUT2D eigenvalue weighted by Crippen LogP contribution is 2.33. The van der Waals surface area contributed by atoms with E-state index >= 15 is 0 Å². The van der Waals surface area contributed by atoms with Gasteiger partial charge in [0.05, 0.1) is 38.6 Å². The number of rotatable bonds is 24. The molecule has 0 spiro atoms. The van der Waals surface area contributed by atoms with Crippen LogP contribution in [0.15, 0.2) is 0 Å². The van der Waals surface area contributed by atoms with Gasteiger partial charge in [-0.05, 0) is 12.8 Å². The Labute approximate surface area is 322 Å². The van der Waals surface area contributed by atoms with Gasteiger partial charge in [0.25, 0.3) is 0 Å². The SMILES string of the molecule is CCCCCCCCCCCC(O)C(COC1OC(CO)C(OC2OC(CO)C(OC3OC(CO)C(O)C(O)C3O)C(O)C2O)C(O)C1O)NC(=O)CCC. The molecular weight excluding hydrogens is 734 g/mol. The number of hydrogen-bond donors (Lipinski definition) is 12.